The van der Waals surface area contributed by atoms with Crippen molar-refractivity contribution in [3.63, 3.8) is 0 Å². The van der Waals surface area contributed by atoms with E-state index in [0.29, 0.717) is 37.8 Å². The summed E-state index contributed by atoms with van der Waals surface area (Å²) < 4.78 is 7.93. The van der Waals surface area contributed by atoms with Crippen molar-refractivity contribution in [1.29, 1.82) is 0 Å². The molecule has 0 fully saturated rings. The number of benzene rings is 2. The second-order valence-corrected chi connectivity index (χ2v) is 9.63. The lowest BCUT2D eigenvalue weighted by Gasteiger charge is -2.12. The molecule has 0 aliphatic carbocycles. The quantitative estimate of drug-likeness (QED) is 0.301. The van der Waals surface area contributed by atoms with E-state index in [1.54, 1.807) is 72.1 Å². The number of ketones is 1. The largest absolute Gasteiger partial charge is 0.467 e. The van der Waals surface area contributed by atoms with Gasteiger partial charge in [-0.25, -0.2) is 9.36 Å². The Morgan fingerprint density at radius 1 is 0.973 bits per heavy atom. The van der Waals surface area contributed by atoms with Gasteiger partial charge < -0.3 is 9.73 Å². The number of furan rings is 1. The zero-order chi connectivity index (χ0) is 25.9. The monoisotopic (exact) mass is 533 g/mol. The van der Waals surface area contributed by atoms with Gasteiger partial charge in [0.15, 0.2) is 5.78 Å². The summed E-state index contributed by atoms with van der Waals surface area (Å²) >= 11 is 7.12. The number of thiophene rings is 1. The lowest BCUT2D eigenvalue weighted by Crippen LogP contribution is -2.39. The zero-order valence-corrected chi connectivity index (χ0v) is 20.9. The van der Waals surface area contributed by atoms with E-state index in [1.165, 1.54) is 22.2 Å². The van der Waals surface area contributed by atoms with Crippen molar-refractivity contribution in [3.05, 3.63) is 121 Å². The maximum absolute atomic E-state index is 13.5. The third-order valence-corrected chi connectivity index (χ3v) is 6.97. The number of hydrogen-bond donors (Lipinski definition) is 1. The highest BCUT2D eigenvalue weighted by atomic mass is 35.5. The highest BCUT2D eigenvalue weighted by Crippen LogP contribution is 2.18. The number of amides is 1. The highest BCUT2D eigenvalue weighted by molar-refractivity contribution is 7.17. The van der Waals surface area contributed by atoms with E-state index in [4.69, 9.17) is 16.0 Å². The predicted octanol–water partition coefficient (Wildman–Crippen LogP) is 4.20. The average Bonchev–Trinajstić information content (AvgIpc) is 3.59. The molecule has 0 saturated carbocycles. The molecule has 0 unspecified atom stereocenters. The molecule has 0 saturated heterocycles. The summed E-state index contributed by atoms with van der Waals surface area (Å²) in [6, 6.07) is 18.2. The molecule has 3 heterocycles. The standard InChI is InChI=1S/C27H20ClN3O5S/c28-19-7-5-18(6-8-19)23(32)16-30-22-11-13-37-25(22)26(34)31(27(30)35)20-9-3-17(4-10-20)14-24(33)29-15-21-2-1-12-36-21/h1-13H,14-16H2,(H,29,33). The molecule has 2 aromatic carbocycles. The van der Waals surface area contributed by atoms with Gasteiger partial charge in [0.05, 0.1) is 37.0 Å². The normalized spacial score (nSPS) is 11.1. The van der Waals surface area contributed by atoms with E-state index in [9.17, 15) is 19.2 Å². The summed E-state index contributed by atoms with van der Waals surface area (Å²) in [6.45, 7) is 0.0519. The Labute approximate surface area is 219 Å². The van der Waals surface area contributed by atoms with E-state index in [-0.39, 0.29) is 31.2 Å². The van der Waals surface area contributed by atoms with Crippen LogP contribution in [0.25, 0.3) is 15.9 Å². The van der Waals surface area contributed by atoms with Crippen molar-refractivity contribution in [1.82, 2.24) is 14.5 Å². The van der Waals surface area contributed by atoms with Gasteiger partial charge in [-0.15, -0.1) is 11.3 Å². The first kappa shape index (κ1) is 24.5. The minimum absolute atomic E-state index is 0.125. The molecule has 5 aromatic rings. The van der Waals surface area contributed by atoms with Crippen LogP contribution < -0.4 is 16.6 Å². The van der Waals surface area contributed by atoms with Gasteiger partial charge in [-0.05, 0) is 65.5 Å². The molecule has 10 heteroatoms. The van der Waals surface area contributed by atoms with Gasteiger partial charge in [0.25, 0.3) is 5.56 Å². The fourth-order valence-electron chi connectivity index (χ4n) is 3.95. The Morgan fingerprint density at radius 3 is 2.43 bits per heavy atom. The van der Waals surface area contributed by atoms with Crippen LogP contribution in [0.4, 0.5) is 0 Å². The van der Waals surface area contributed by atoms with Crippen LogP contribution in [0.1, 0.15) is 21.7 Å². The SMILES string of the molecule is O=C(Cc1ccc(-n2c(=O)c3sccc3n(CC(=O)c3ccc(Cl)cc3)c2=O)cc1)NCc1ccco1. The maximum atomic E-state index is 13.5. The van der Waals surface area contributed by atoms with Crippen molar-refractivity contribution in [2.75, 3.05) is 0 Å². The number of rotatable bonds is 8. The minimum atomic E-state index is -0.623. The topological polar surface area (TPSA) is 103 Å². The number of halogens is 1. The first-order chi connectivity index (χ1) is 17.9. The molecule has 0 bridgehead atoms. The molecule has 37 heavy (non-hydrogen) atoms. The van der Waals surface area contributed by atoms with Crippen molar-refractivity contribution < 1.29 is 14.0 Å². The van der Waals surface area contributed by atoms with Crippen LogP contribution in [0, 0.1) is 0 Å². The van der Waals surface area contributed by atoms with Crippen LogP contribution in [0.2, 0.25) is 5.02 Å². The van der Waals surface area contributed by atoms with Crippen molar-refractivity contribution in [3.8, 4) is 5.69 Å². The molecule has 1 N–H and O–H groups in total. The minimum Gasteiger partial charge on any atom is -0.467 e. The van der Waals surface area contributed by atoms with Crippen molar-refractivity contribution in [2.45, 2.75) is 19.5 Å². The molecule has 186 valence electrons. The van der Waals surface area contributed by atoms with E-state index >= 15 is 0 Å². The molecular weight excluding hydrogens is 514 g/mol. The third kappa shape index (κ3) is 5.18. The molecule has 0 atom stereocenters. The first-order valence-corrected chi connectivity index (χ1v) is 12.6. The van der Waals surface area contributed by atoms with Gasteiger partial charge in [-0.1, -0.05) is 23.7 Å². The molecule has 0 aliphatic rings. The van der Waals surface area contributed by atoms with Crippen molar-refractivity contribution >= 4 is 44.8 Å². The van der Waals surface area contributed by atoms with Crippen LogP contribution in [0.5, 0.6) is 0 Å². The summed E-state index contributed by atoms with van der Waals surface area (Å²) in [4.78, 5) is 51.9. The number of carbonyl (C=O) groups is 2. The predicted molar refractivity (Wildman–Crippen MR) is 142 cm³/mol. The number of hydrogen-bond acceptors (Lipinski definition) is 6. The summed E-state index contributed by atoms with van der Waals surface area (Å²) in [5.74, 6) is 0.176. The van der Waals surface area contributed by atoms with E-state index in [2.05, 4.69) is 5.32 Å². The Balaban J connectivity index is 1.42. The van der Waals surface area contributed by atoms with Gasteiger partial charge in [0, 0.05) is 10.6 Å². The number of aromatic nitrogens is 2. The van der Waals surface area contributed by atoms with Crippen LogP contribution in [0.3, 0.4) is 0 Å². The Hall–Kier alpha value is -4.21. The zero-order valence-electron chi connectivity index (χ0n) is 19.3. The second-order valence-electron chi connectivity index (χ2n) is 8.27. The van der Waals surface area contributed by atoms with Gasteiger partial charge in [-0.3, -0.25) is 19.0 Å². The van der Waals surface area contributed by atoms with Gasteiger partial charge >= 0.3 is 5.69 Å². The molecule has 0 aliphatic heterocycles. The number of nitrogens with one attached hydrogen (secondary N) is 1. The molecular formula is C27H20ClN3O5S. The summed E-state index contributed by atoms with van der Waals surface area (Å²) in [5.41, 5.74) is 0.786. The fourth-order valence-corrected chi connectivity index (χ4v) is 4.90. The molecule has 8 nitrogen and oxygen atoms in total. The first-order valence-electron chi connectivity index (χ1n) is 11.3. The Bertz CT molecular complexity index is 1700. The molecule has 5 rings (SSSR count). The number of nitrogens with zero attached hydrogens (tertiary/aromatic N) is 2. The van der Waals surface area contributed by atoms with Crippen LogP contribution in [-0.2, 0) is 24.3 Å². The molecule has 0 radical (unpaired) electrons. The summed E-state index contributed by atoms with van der Waals surface area (Å²) in [6.07, 6.45) is 1.66. The summed E-state index contributed by atoms with van der Waals surface area (Å²) in [7, 11) is 0. The third-order valence-electron chi connectivity index (χ3n) is 5.82. The van der Waals surface area contributed by atoms with E-state index < -0.39 is 11.2 Å². The average molecular weight is 534 g/mol. The number of Topliss-reactive ketones (excluding diaryl/α,β-unsaturated/α-hetero) is 1. The van der Waals surface area contributed by atoms with Crippen LogP contribution >= 0.6 is 22.9 Å². The van der Waals surface area contributed by atoms with Gasteiger partial charge in [-0.2, -0.15) is 0 Å². The Morgan fingerprint density at radius 2 is 1.73 bits per heavy atom. The molecule has 0 spiro atoms. The van der Waals surface area contributed by atoms with E-state index in [1.807, 2.05) is 0 Å². The highest BCUT2D eigenvalue weighted by Gasteiger charge is 2.18. The van der Waals surface area contributed by atoms with Crippen LogP contribution in [-0.4, -0.2) is 20.8 Å². The second kappa shape index (κ2) is 10.4. The lowest BCUT2D eigenvalue weighted by atomic mass is 10.1. The van der Waals surface area contributed by atoms with Gasteiger partial charge in [0.2, 0.25) is 5.91 Å². The van der Waals surface area contributed by atoms with E-state index in [0.717, 1.165) is 4.57 Å². The molecule has 1 amide bonds. The number of carbonyl (C=O) groups excluding carboxylic acids is 2. The van der Waals surface area contributed by atoms with Crippen LogP contribution in [0.15, 0.2) is 92.4 Å². The smallest absolute Gasteiger partial charge is 0.336 e. The fraction of sp³-hybridized carbons (Fsp3) is 0.111. The summed E-state index contributed by atoms with van der Waals surface area (Å²) in [5, 5.41) is 4.99. The maximum Gasteiger partial charge on any atom is 0.336 e. The lowest BCUT2D eigenvalue weighted by molar-refractivity contribution is -0.120. The molecule has 3 aromatic heterocycles. The van der Waals surface area contributed by atoms with Gasteiger partial charge in [0.1, 0.15) is 10.5 Å². The number of fused-ring (bicyclic) bond motifs is 1. The van der Waals surface area contributed by atoms with Crippen molar-refractivity contribution in [2.24, 2.45) is 0 Å². The Kier molecular flexibility index (Phi) is 6.89.